The molecule has 2 aromatic heterocycles. The van der Waals surface area contributed by atoms with E-state index in [9.17, 15) is 9.18 Å². The van der Waals surface area contributed by atoms with Crippen LogP contribution >= 0.6 is 11.3 Å². The summed E-state index contributed by atoms with van der Waals surface area (Å²) in [7, 11) is 0. The molecular formula is C21H16FN3O2S. The van der Waals surface area contributed by atoms with E-state index in [0.29, 0.717) is 23.7 Å². The largest absolute Gasteiger partial charge is 0.339 e. The van der Waals surface area contributed by atoms with Gasteiger partial charge in [0.05, 0.1) is 0 Å². The van der Waals surface area contributed by atoms with Crippen molar-refractivity contribution in [2.45, 2.75) is 12.8 Å². The second-order valence-electron chi connectivity index (χ2n) is 6.09. The minimum Gasteiger partial charge on any atom is -0.339 e. The molecule has 0 saturated heterocycles. The molecule has 0 saturated carbocycles. The van der Waals surface area contributed by atoms with E-state index < -0.39 is 0 Å². The first kappa shape index (κ1) is 18.1. The Labute approximate surface area is 164 Å². The molecule has 0 aliphatic carbocycles. The maximum atomic E-state index is 13.0. The predicted molar refractivity (Wildman–Crippen MR) is 106 cm³/mol. The molecule has 0 bridgehead atoms. The van der Waals surface area contributed by atoms with E-state index in [4.69, 9.17) is 4.52 Å². The lowest BCUT2D eigenvalue weighted by atomic mass is 10.1. The Morgan fingerprint density at radius 2 is 1.89 bits per heavy atom. The first-order valence-corrected chi connectivity index (χ1v) is 9.58. The molecule has 0 atom stereocenters. The molecule has 0 fully saturated rings. The molecule has 140 valence electrons. The number of carbonyl (C=O) groups excluding carboxylic acids is 1. The average Bonchev–Trinajstić information content (AvgIpc) is 3.40. The van der Waals surface area contributed by atoms with Crippen LogP contribution in [-0.2, 0) is 11.2 Å². The van der Waals surface area contributed by atoms with E-state index in [1.165, 1.54) is 12.1 Å². The number of halogens is 1. The lowest BCUT2D eigenvalue weighted by Gasteiger charge is -2.09. The van der Waals surface area contributed by atoms with E-state index in [2.05, 4.69) is 15.5 Å². The van der Waals surface area contributed by atoms with Crippen LogP contribution in [0.1, 0.15) is 12.3 Å². The standard InChI is InChI=1S/C21H16FN3O2S/c22-15-9-7-14(8-10-15)21-24-20(27-25-21)12-11-19(26)23-17-5-2-1-4-16(17)18-6-3-13-28-18/h1-10,13H,11-12H2,(H,23,26). The van der Waals surface area contributed by atoms with Crippen LogP contribution in [0.2, 0.25) is 0 Å². The summed E-state index contributed by atoms with van der Waals surface area (Å²) in [6.07, 6.45) is 0.533. The number of hydrogen-bond donors (Lipinski definition) is 1. The maximum absolute atomic E-state index is 13.0. The van der Waals surface area contributed by atoms with E-state index in [-0.39, 0.29) is 18.1 Å². The summed E-state index contributed by atoms with van der Waals surface area (Å²) < 4.78 is 18.2. The van der Waals surface area contributed by atoms with Crippen LogP contribution in [0.25, 0.3) is 21.8 Å². The van der Waals surface area contributed by atoms with Crippen LogP contribution < -0.4 is 5.32 Å². The Morgan fingerprint density at radius 3 is 2.68 bits per heavy atom. The summed E-state index contributed by atoms with van der Waals surface area (Å²) in [6.45, 7) is 0. The van der Waals surface area contributed by atoms with Gasteiger partial charge < -0.3 is 9.84 Å². The van der Waals surface area contributed by atoms with Crippen molar-refractivity contribution in [2.75, 3.05) is 5.32 Å². The Kier molecular flexibility index (Phi) is 5.25. The quantitative estimate of drug-likeness (QED) is 0.490. The lowest BCUT2D eigenvalue weighted by molar-refractivity contribution is -0.116. The van der Waals surface area contributed by atoms with Crippen molar-refractivity contribution in [2.24, 2.45) is 0 Å². The highest BCUT2D eigenvalue weighted by atomic mass is 32.1. The number of benzene rings is 2. The van der Waals surface area contributed by atoms with Crippen LogP contribution in [0.3, 0.4) is 0 Å². The van der Waals surface area contributed by atoms with Gasteiger partial charge >= 0.3 is 0 Å². The van der Waals surface area contributed by atoms with Gasteiger partial charge in [0.1, 0.15) is 5.82 Å². The normalized spacial score (nSPS) is 10.8. The summed E-state index contributed by atoms with van der Waals surface area (Å²) in [5.41, 5.74) is 2.42. The summed E-state index contributed by atoms with van der Waals surface area (Å²) in [5, 5.41) is 8.84. The number of para-hydroxylation sites is 1. The van der Waals surface area contributed by atoms with E-state index >= 15 is 0 Å². The van der Waals surface area contributed by atoms with Gasteiger partial charge in [-0.3, -0.25) is 4.79 Å². The topological polar surface area (TPSA) is 68.0 Å². The van der Waals surface area contributed by atoms with Crippen molar-refractivity contribution >= 4 is 22.9 Å². The molecule has 2 heterocycles. The number of nitrogens with one attached hydrogen (secondary N) is 1. The van der Waals surface area contributed by atoms with Gasteiger partial charge in [0, 0.05) is 34.5 Å². The first-order chi connectivity index (χ1) is 13.7. The van der Waals surface area contributed by atoms with Gasteiger partial charge in [0.25, 0.3) is 0 Å². The van der Waals surface area contributed by atoms with Gasteiger partial charge in [-0.15, -0.1) is 11.3 Å². The van der Waals surface area contributed by atoms with Gasteiger partial charge in [-0.2, -0.15) is 4.98 Å². The zero-order chi connectivity index (χ0) is 19.3. The molecule has 7 heteroatoms. The molecule has 28 heavy (non-hydrogen) atoms. The number of hydrogen-bond acceptors (Lipinski definition) is 5. The van der Waals surface area contributed by atoms with Crippen LogP contribution in [0.4, 0.5) is 10.1 Å². The highest BCUT2D eigenvalue weighted by Gasteiger charge is 2.13. The molecule has 0 aliphatic heterocycles. The van der Waals surface area contributed by atoms with Gasteiger partial charge in [-0.1, -0.05) is 29.4 Å². The summed E-state index contributed by atoms with van der Waals surface area (Å²) in [4.78, 5) is 17.7. The van der Waals surface area contributed by atoms with Crippen molar-refractivity contribution < 1.29 is 13.7 Å². The SMILES string of the molecule is O=C(CCc1nc(-c2ccc(F)cc2)no1)Nc1ccccc1-c1cccs1. The summed E-state index contributed by atoms with van der Waals surface area (Å²) in [6, 6.07) is 17.5. The van der Waals surface area contributed by atoms with Gasteiger partial charge in [0.2, 0.25) is 17.6 Å². The fourth-order valence-corrected chi connectivity index (χ4v) is 3.51. The molecule has 1 amide bonds. The Hall–Kier alpha value is -3.32. The number of anilines is 1. The molecule has 5 nitrogen and oxygen atoms in total. The Balaban J connectivity index is 1.39. The second kappa shape index (κ2) is 8.14. The number of thiophene rings is 1. The lowest BCUT2D eigenvalue weighted by Crippen LogP contribution is -2.13. The Bertz CT molecular complexity index is 1080. The summed E-state index contributed by atoms with van der Waals surface area (Å²) >= 11 is 1.62. The van der Waals surface area contributed by atoms with Crippen molar-refractivity contribution in [3.8, 4) is 21.8 Å². The average molecular weight is 393 g/mol. The highest BCUT2D eigenvalue weighted by Crippen LogP contribution is 2.31. The minimum absolute atomic E-state index is 0.134. The third-order valence-electron chi connectivity index (χ3n) is 4.12. The van der Waals surface area contributed by atoms with Crippen LogP contribution in [-0.4, -0.2) is 16.0 Å². The predicted octanol–water partition coefficient (Wildman–Crippen LogP) is 5.18. The van der Waals surface area contributed by atoms with E-state index in [0.717, 1.165) is 16.1 Å². The summed E-state index contributed by atoms with van der Waals surface area (Å²) in [5.74, 6) is 0.275. The second-order valence-corrected chi connectivity index (χ2v) is 7.04. The Morgan fingerprint density at radius 1 is 1.07 bits per heavy atom. The zero-order valence-electron chi connectivity index (χ0n) is 14.8. The maximum Gasteiger partial charge on any atom is 0.227 e. The number of carbonyl (C=O) groups is 1. The number of nitrogens with zero attached hydrogens (tertiary/aromatic N) is 2. The molecular weight excluding hydrogens is 377 g/mol. The first-order valence-electron chi connectivity index (χ1n) is 8.70. The van der Waals surface area contributed by atoms with Crippen molar-refractivity contribution in [3.63, 3.8) is 0 Å². The smallest absolute Gasteiger partial charge is 0.227 e. The third kappa shape index (κ3) is 4.15. The molecule has 1 N–H and O–H groups in total. The molecule has 4 rings (SSSR count). The highest BCUT2D eigenvalue weighted by molar-refractivity contribution is 7.13. The van der Waals surface area contributed by atoms with Crippen molar-refractivity contribution in [3.05, 3.63) is 77.8 Å². The molecule has 0 aliphatic rings. The van der Waals surface area contributed by atoms with Gasteiger partial charge in [-0.05, 0) is 41.8 Å². The number of rotatable bonds is 6. The van der Waals surface area contributed by atoms with Crippen molar-refractivity contribution in [1.82, 2.24) is 10.1 Å². The third-order valence-corrected chi connectivity index (χ3v) is 5.03. The van der Waals surface area contributed by atoms with Gasteiger partial charge in [0.15, 0.2) is 0 Å². The molecule has 2 aromatic carbocycles. The van der Waals surface area contributed by atoms with Crippen LogP contribution in [0.5, 0.6) is 0 Å². The van der Waals surface area contributed by atoms with Crippen LogP contribution in [0, 0.1) is 5.82 Å². The van der Waals surface area contributed by atoms with Gasteiger partial charge in [-0.25, -0.2) is 4.39 Å². The van der Waals surface area contributed by atoms with Crippen molar-refractivity contribution in [1.29, 1.82) is 0 Å². The zero-order valence-corrected chi connectivity index (χ0v) is 15.6. The number of amides is 1. The molecule has 4 aromatic rings. The van der Waals surface area contributed by atoms with E-state index in [1.54, 1.807) is 23.5 Å². The minimum atomic E-state index is -0.327. The number of aromatic nitrogens is 2. The molecule has 0 spiro atoms. The fraction of sp³-hybridized carbons (Fsp3) is 0.0952. The van der Waals surface area contributed by atoms with E-state index in [1.807, 2.05) is 41.8 Å². The van der Waals surface area contributed by atoms with Crippen LogP contribution in [0.15, 0.2) is 70.6 Å². The monoisotopic (exact) mass is 393 g/mol. The molecule has 0 radical (unpaired) electrons. The fourth-order valence-electron chi connectivity index (χ4n) is 2.74. The molecule has 0 unspecified atom stereocenters. The number of aryl methyl sites for hydroxylation is 1.